The van der Waals surface area contributed by atoms with Gasteiger partial charge in [-0.25, -0.2) is 21.9 Å². The van der Waals surface area contributed by atoms with E-state index in [0.29, 0.717) is 5.56 Å². The van der Waals surface area contributed by atoms with E-state index >= 15 is 0 Å². The highest BCUT2D eigenvalue weighted by Crippen LogP contribution is 2.24. The van der Waals surface area contributed by atoms with Crippen molar-refractivity contribution in [3.8, 4) is 5.75 Å². The van der Waals surface area contributed by atoms with Crippen LogP contribution in [0.2, 0.25) is 5.02 Å². The first kappa shape index (κ1) is 17.7. The SMILES string of the molecule is COc1ccc(C(C)NS(=O)(=O)c2ccc(Cl)cc2F)cc1F. The van der Waals surface area contributed by atoms with E-state index in [1.165, 1.54) is 32.2 Å². The number of nitrogens with one attached hydrogen (secondary N) is 1. The molecule has 1 N–H and O–H groups in total. The van der Waals surface area contributed by atoms with Crippen LogP contribution in [0.3, 0.4) is 0 Å². The van der Waals surface area contributed by atoms with Crippen molar-refractivity contribution in [2.75, 3.05) is 7.11 Å². The van der Waals surface area contributed by atoms with E-state index in [4.69, 9.17) is 16.3 Å². The lowest BCUT2D eigenvalue weighted by molar-refractivity contribution is 0.386. The van der Waals surface area contributed by atoms with Crippen LogP contribution in [0.25, 0.3) is 0 Å². The third-order valence-corrected chi connectivity index (χ3v) is 5.00. The van der Waals surface area contributed by atoms with Gasteiger partial charge in [-0.1, -0.05) is 17.7 Å². The highest BCUT2D eigenvalue weighted by molar-refractivity contribution is 7.89. The Balaban J connectivity index is 2.28. The Kier molecular flexibility index (Phi) is 5.23. The number of sulfonamides is 1. The summed E-state index contributed by atoms with van der Waals surface area (Å²) in [5.74, 6) is -1.53. The van der Waals surface area contributed by atoms with Gasteiger partial charge in [0.15, 0.2) is 11.6 Å². The summed E-state index contributed by atoms with van der Waals surface area (Å²) in [4.78, 5) is -0.525. The predicted molar refractivity (Wildman–Crippen MR) is 83.1 cm³/mol. The van der Waals surface area contributed by atoms with Crippen molar-refractivity contribution in [2.24, 2.45) is 0 Å². The van der Waals surface area contributed by atoms with Gasteiger partial charge in [-0.3, -0.25) is 0 Å². The summed E-state index contributed by atoms with van der Waals surface area (Å²) < 4.78 is 59.1. The zero-order valence-corrected chi connectivity index (χ0v) is 13.9. The van der Waals surface area contributed by atoms with Crippen molar-refractivity contribution in [3.05, 3.63) is 58.6 Å². The van der Waals surface area contributed by atoms with Crippen molar-refractivity contribution < 1.29 is 21.9 Å². The molecule has 2 aromatic rings. The molecule has 0 fully saturated rings. The molecule has 0 saturated heterocycles. The van der Waals surface area contributed by atoms with Crippen LogP contribution in [0.4, 0.5) is 8.78 Å². The summed E-state index contributed by atoms with van der Waals surface area (Å²) in [5.41, 5.74) is 0.376. The lowest BCUT2D eigenvalue weighted by Crippen LogP contribution is -2.27. The quantitative estimate of drug-likeness (QED) is 0.884. The molecular weight excluding hydrogens is 348 g/mol. The number of benzene rings is 2. The summed E-state index contributed by atoms with van der Waals surface area (Å²) in [6.45, 7) is 1.52. The van der Waals surface area contributed by atoms with Crippen LogP contribution in [0.5, 0.6) is 5.75 Å². The monoisotopic (exact) mass is 361 g/mol. The second kappa shape index (κ2) is 6.82. The fourth-order valence-corrected chi connectivity index (χ4v) is 3.46. The van der Waals surface area contributed by atoms with E-state index in [9.17, 15) is 17.2 Å². The Morgan fingerprint density at radius 1 is 1.13 bits per heavy atom. The van der Waals surface area contributed by atoms with E-state index in [1.54, 1.807) is 0 Å². The largest absolute Gasteiger partial charge is 0.494 e. The average Bonchev–Trinajstić information content (AvgIpc) is 2.46. The van der Waals surface area contributed by atoms with E-state index in [2.05, 4.69) is 4.72 Å². The molecule has 0 aliphatic heterocycles. The van der Waals surface area contributed by atoms with Gasteiger partial charge in [-0.15, -0.1) is 0 Å². The topological polar surface area (TPSA) is 55.4 Å². The van der Waals surface area contributed by atoms with Crippen LogP contribution in [0.1, 0.15) is 18.5 Å². The maximum absolute atomic E-state index is 13.8. The molecule has 0 aromatic heterocycles. The van der Waals surface area contributed by atoms with Crippen molar-refractivity contribution >= 4 is 21.6 Å². The summed E-state index contributed by atoms with van der Waals surface area (Å²) in [7, 11) is -2.79. The second-order valence-electron chi connectivity index (χ2n) is 4.81. The molecule has 23 heavy (non-hydrogen) atoms. The van der Waals surface area contributed by atoms with Crippen LogP contribution < -0.4 is 9.46 Å². The molecular formula is C15H14ClF2NO3S. The van der Waals surface area contributed by atoms with E-state index in [1.807, 2.05) is 0 Å². The van der Waals surface area contributed by atoms with Gasteiger partial charge < -0.3 is 4.74 Å². The first-order valence-corrected chi connectivity index (χ1v) is 8.41. The van der Waals surface area contributed by atoms with Gasteiger partial charge in [-0.2, -0.15) is 0 Å². The van der Waals surface area contributed by atoms with E-state index < -0.39 is 32.6 Å². The fourth-order valence-electron chi connectivity index (χ4n) is 2.01. The standard InChI is InChI=1S/C15H14ClF2NO3S/c1-9(10-3-5-14(22-2)12(17)7-10)19-23(20,21)15-6-4-11(16)8-13(15)18/h3-9,19H,1-2H3. The molecule has 2 aromatic carbocycles. The van der Waals surface area contributed by atoms with E-state index in [0.717, 1.165) is 18.2 Å². The third kappa shape index (κ3) is 3.99. The molecule has 0 aliphatic rings. The molecule has 0 spiro atoms. The Hall–Kier alpha value is -1.70. The van der Waals surface area contributed by atoms with Crippen LogP contribution in [-0.2, 0) is 10.0 Å². The Labute approximate surface area is 138 Å². The third-order valence-electron chi connectivity index (χ3n) is 3.19. The minimum absolute atomic E-state index is 0.0487. The maximum Gasteiger partial charge on any atom is 0.244 e. The highest BCUT2D eigenvalue weighted by atomic mass is 35.5. The number of hydrogen-bond acceptors (Lipinski definition) is 3. The first-order chi connectivity index (χ1) is 10.7. The molecule has 0 amide bonds. The molecule has 0 aliphatic carbocycles. The van der Waals surface area contributed by atoms with Gasteiger partial charge in [0.1, 0.15) is 10.7 Å². The van der Waals surface area contributed by atoms with Crippen molar-refractivity contribution in [1.29, 1.82) is 0 Å². The van der Waals surface area contributed by atoms with Gasteiger partial charge in [0.05, 0.1) is 7.11 Å². The zero-order chi connectivity index (χ0) is 17.2. The number of rotatable bonds is 5. The molecule has 0 bridgehead atoms. The Bertz CT molecular complexity index is 827. The molecule has 0 saturated carbocycles. The highest BCUT2D eigenvalue weighted by Gasteiger charge is 2.22. The molecule has 0 heterocycles. The molecule has 1 atom stereocenters. The molecule has 8 heteroatoms. The van der Waals surface area contributed by atoms with Gasteiger partial charge >= 0.3 is 0 Å². The Morgan fingerprint density at radius 3 is 2.39 bits per heavy atom. The van der Waals surface area contributed by atoms with Gasteiger partial charge in [0.25, 0.3) is 0 Å². The minimum Gasteiger partial charge on any atom is -0.494 e. The predicted octanol–water partition coefficient (Wildman–Crippen LogP) is 3.67. The molecule has 2 rings (SSSR count). The minimum atomic E-state index is -4.12. The number of hydrogen-bond donors (Lipinski definition) is 1. The number of halogens is 3. The smallest absolute Gasteiger partial charge is 0.244 e. The number of ether oxygens (including phenoxy) is 1. The molecule has 4 nitrogen and oxygen atoms in total. The first-order valence-electron chi connectivity index (χ1n) is 6.55. The average molecular weight is 362 g/mol. The van der Waals surface area contributed by atoms with Crippen molar-refractivity contribution in [3.63, 3.8) is 0 Å². The van der Waals surface area contributed by atoms with Crippen molar-refractivity contribution in [2.45, 2.75) is 17.9 Å². The van der Waals surface area contributed by atoms with Crippen LogP contribution in [0.15, 0.2) is 41.3 Å². The lowest BCUT2D eigenvalue weighted by Gasteiger charge is -2.16. The van der Waals surface area contributed by atoms with Gasteiger partial charge in [-0.05, 0) is 42.8 Å². The van der Waals surface area contributed by atoms with Crippen molar-refractivity contribution in [1.82, 2.24) is 4.72 Å². The molecule has 0 radical (unpaired) electrons. The van der Waals surface area contributed by atoms with E-state index in [-0.39, 0.29) is 10.8 Å². The molecule has 124 valence electrons. The summed E-state index contributed by atoms with van der Waals surface area (Å²) in [6, 6.07) is 6.55. The van der Waals surface area contributed by atoms with Gasteiger partial charge in [0, 0.05) is 11.1 Å². The van der Waals surface area contributed by atoms with Crippen LogP contribution in [0, 0.1) is 11.6 Å². The van der Waals surface area contributed by atoms with Crippen LogP contribution >= 0.6 is 11.6 Å². The second-order valence-corrected chi connectivity index (χ2v) is 6.93. The van der Waals surface area contributed by atoms with Crippen LogP contribution in [-0.4, -0.2) is 15.5 Å². The Morgan fingerprint density at radius 2 is 1.83 bits per heavy atom. The normalized spacial score (nSPS) is 12.9. The fraction of sp³-hybridized carbons (Fsp3) is 0.200. The zero-order valence-electron chi connectivity index (χ0n) is 12.3. The summed E-state index contributed by atoms with van der Waals surface area (Å²) >= 11 is 5.61. The summed E-state index contributed by atoms with van der Waals surface area (Å²) in [6.07, 6.45) is 0. The van der Waals surface area contributed by atoms with Gasteiger partial charge in [0.2, 0.25) is 10.0 Å². The molecule has 1 unspecified atom stereocenters. The maximum atomic E-state index is 13.8. The number of methoxy groups -OCH3 is 1. The lowest BCUT2D eigenvalue weighted by atomic mass is 10.1. The summed E-state index contributed by atoms with van der Waals surface area (Å²) in [5, 5.41) is 0.0896.